The van der Waals surface area contributed by atoms with Gasteiger partial charge in [-0.3, -0.25) is 13.7 Å². The molecule has 1 aliphatic heterocycles. The zero-order valence-corrected chi connectivity index (χ0v) is 13.9. The van der Waals surface area contributed by atoms with E-state index in [4.69, 9.17) is 35.0 Å². The van der Waals surface area contributed by atoms with E-state index in [1.807, 2.05) is 0 Å². The number of nitrogens with zero attached hydrogens (tertiary/aromatic N) is 1. The molecule has 1 heterocycles. The highest BCUT2D eigenvalue weighted by molar-refractivity contribution is 7.91. The highest BCUT2D eigenvalue weighted by Gasteiger charge is 2.30. The topological polar surface area (TPSA) is 186 Å². The smallest absolute Gasteiger partial charge is 0.394 e. The van der Waals surface area contributed by atoms with Crippen LogP contribution >= 0.6 is 0 Å². The van der Waals surface area contributed by atoms with Gasteiger partial charge in [-0.1, -0.05) is 0 Å². The molecule has 1 saturated heterocycles. The lowest BCUT2D eigenvalue weighted by Crippen LogP contribution is -2.53. The van der Waals surface area contributed by atoms with Gasteiger partial charge < -0.3 is 9.04 Å². The van der Waals surface area contributed by atoms with E-state index in [0.717, 1.165) is 24.1 Å². The van der Waals surface area contributed by atoms with E-state index >= 15 is 0 Å². The molecule has 130 valence electrons. The first-order valence-corrected chi connectivity index (χ1v) is 9.98. The normalized spacial score (nSPS) is 20.3. The Hall–Kier alpha value is -0.350. The van der Waals surface area contributed by atoms with Crippen LogP contribution in [0, 0.1) is 0 Å². The second kappa shape index (κ2) is 8.33. The number of hydrogen-bond donors (Lipinski definition) is 3. The van der Waals surface area contributed by atoms with Gasteiger partial charge in [-0.05, 0) is 6.92 Å². The van der Waals surface area contributed by atoms with Gasteiger partial charge in [-0.25, -0.2) is 16.8 Å². The standard InChI is InChI=1S/C7H16NO2S.2H2O4S/c1-3-8(2)4-6-11(9,10)7-5-8;2*1-5(2,3)4/h3-7H2,1-2H3;2*(H2,1,2,3,4)/q+1;;/p-1. The van der Waals surface area contributed by atoms with Crippen molar-refractivity contribution in [1.82, 2.24) is 0 Å². The molecule has 1 fully saturated rings. The van der Waals surface area contributed by atoms with Crippen molar-refractivity contribution < 1.29 is 47.9 Å². The van der Waals surface area contributed by atoms with Gasteiger partial charge in [0.15, 0.2) is 9.84 Å². The SMILES string of the molecule is CC[N+]1(C)CCS(=O)(=O)CC1.O=S(=O)(O)O.O=S(=O)([O-])O. The predicted molar refractivity (Wildman–Crippen MR) is 71.6 cm³/mol. The first-order chi connectivity index (χ1) is 8.97. The van der Waals surface area contributed by atoms with Crippen molar-refractivity contribution in [1.29, 1.82) is 0 Å². The summed E-state index contributed by atoms with van der Waals surface area (Å²) in [6.07, 6.45) is 0. The van der Waals surface area contributed by atoms with Gasteiger partial charge in [0.25, 0.3) is 0 Å². The Labute approximate surface area is 124 Å². The highest BCUT2D eigenvalue weighted by Crippen LogP contribution is 2.10. The van der Waals surface area contributed by atoms with Crippen LogP contribution in [0.25, 0.3) is 0 Å². The third-order valence-corrected chi connectivity index (χ3v) is 4.26. The Balaban J connectivity index is 0. The number of quaternary nitrogens is 1. The molecule has 0 amide bonds. The second-order valence-electron chi connectivity index (χ2n) is 4.41. The summed E-state index contributed by atoms with van der Waals surface area (Å²) < 4.78 is 87.4. The lowest BCUT2D eigenvalue weighted by atomic mass is 10.4. The third-order valence-electron chi connectivity index (χ3n) is 2.65. The highest BCUT2D eigenvalue weighted by atomic mass is 32.3. The summed E-state index contributed by atoms with van der Waals surface area (Å²) in [5, 5.41) is 0. The molecular weight excluding hydrogens is 354 g/mol. The molecule has 0 bridgehead atoms. The molecule has 11 nitrogen and oxygen atoms in total. The fourth-order valence-corrected chi connectivity index (χ4v) is 2.89. The Bertz CT molecular complexity index is 545. The Morgan fingerprint density at radius 3 is 1.48 bits per heavy atom. The van der Waals surface area contributed by atoms with Crippen LogP contribution in [0.1, 0.15) is 6.92 Å². The Kier molecular flexibility index (Phi) is 9.09. The van der Waals surface area contributed by atoms with Crippen molar-refractivity contribution in [2.75, 3.05) is 38.2 Å². The molecule has 21 heavy (non-hydrogen) atoms. The van der Waals surface area contributed by atoms with Crippen LogP contribution in [0.5, 0.6) is 0 Å². The van der Waals surface area contributed by atoms with Crippen LogP contribution in [0.15, 0.2) is 0 Å². The summed E-state index contributed by atoms with van der Waals surface area (Å²) in [6.45, 7) is 4.73. The maximum Gasteiger partial charge on any atom is 0.394 e. The molecule has 0 unspecified atom stereocenters. The zero-order valence-electron chi connectivity index (χ0n) is 11.4. The van der Waals surface area contributed by atoms with Gasteiger partial charge in [0.1, 0.15) is 0 Å². The lowest BCUT2D eigenvalue weighted by molar-refractivity contribution is -0.904. The van der Waals surface area contributed by atoms with Crippen molar-refractivity contribution in [3.63, 3.8) is 0 Å². The van der Waals surface area contributed by atoms with Gasteiger partial charge in [0, 0.05) is 0 Å². The largest absolute Gasteiger partial charge is 0.726 e. The van der Waals surface area contributed by atoms with E-state index in [-0.39, 0.29) is 0 Å². The molecule has 14 heteroatoms. The van der Waals surface area contributed by atoms with Crippen molar-refractivity contribution in [3.05, 3.63) is 0 Å². The molecule has 1 aliphatic rings. The van der Waals surface area contributed by atoms with Gasteiger partial charge in [-0.2, -0.15) is 8.42 Å². The molecule has 0 aromatic carbocycles. The molecule has 3 N–H and O–H groups in total. The molecule has 0 saturated carbocycles. The van der Waals surface area contributed by atoms with Crippen molar-refractivity contribution in [3.8, 4) is 0 Å². The summed E-state index contributed by atoms with van der Waals surface area (Å²) in [6, 6.07) is 0. The lowest BCUT2D eigenvalue weighted by Gasteiger charge is -2.36. The number of hydrogen-bond acceptors (Lipinski definition) is 7. The fraction of sp³-hybridized carbons (Fsp3) is 1.00. The summed E-state index contributed by atoms with van der Waals surface area (Å²) in [5.41, 5.74) is 0. The molecule has 0 radical (unpaired) electrons. The molecular formula is C7H19NO10S3. The maximum atomic E-state index is 11.0. The van der Waals surface area contributed by atoms with Crippen LogP contribution in [0.2, 0.25) is 0 Å². The first-order valence-electron chi connectivity index (χ1n) is 5.39. The van der Waals surface area contributed by atoms with E-state index < -0.39 is 30.6 Å². The van der Waals surface area contributed by atoms with E-state index in [1.165, 1.54) is 0 Å². The number of rotatable bonds is 1. The van der Waals surface area contributed by atoms with Crippen molar-refractivity contribution in [2.24, 2.45) is 0 Å². The van der Waals surface area contributed by atoms with E-state index in [2.05, 4.69) is 14.0 Å². The van der Waals surface area contributed by atoms with E-state index in [0.29, 0.717) is 11.5 Å². The molecule has 1 rings (SSSR count). The Morgan fingerprint density at radius 1 is 1.05 bits per heavy atom. The summed E-state index contributed by atoms with van der Waals surface area (Å²) in [4.78, 5) is 0. The van der Waals surface area contributed by atoms with Gasteiger partial charge in [-0.15, -0.1) is 0 Å². The minimum Gasteiger partial charge on any atom is -0.726 e. The minimum atomic E-state index is -4.92. The fourth-order valence-electron chi connectivity index (χ4n) is 1.25. The summed E-state index contributed by atoms with van der Waals surface area (Å²) >= 11 is 0. The van der Waals surface area contributed by atoms with Crippen molar-refractivity contribution in [2.45, 2.75) is 6.92 Å². The third kappa shape index (κ3) is 22.1. The van der Waals surface area contributed by atoms with Crippen molar-refractivity contribution >= 4 is 30.6 Å². The van der Waals surface area contributed by atoms with Gasteiger partial charge in [0.2, 0.25) is 10.4 Å². The zero-order chi connectivity index (χ0) is 17.5. The Morgan fingerprint density at radius 2 is 1.29 bits per heavy atom. The molecule has 0 aliphatic carbocycles. The molecule has 0 aromatic heterocycles. The van der Waals surface area contributed by atoms with Gasteiger partial charge in [0.05, 0.1) is 38.2 Å². The molecule has 0 spiro atoms. The van der Waals surface area contributed by atoms with Crippen LogP contribution in [0.4, 0.5) is 0 Å². The maximum absolute atomic E-state index is 11.0. The van der Waals surface area contributed by atoms with Gasteiger partial charge >= 0.3 is 10.4 Å². The minimum absolute atomic E-state index is 0.372. The summed E-state index contributed by atoms with van der Waals surface area (Å²) in [7, 11) is -10.1. The van der Waals surface area contributed by atoms with Crippen LogP contribution in [-0.4, -0.2) is 86.1 Å². The first kappa shape index (κ1) is 22.9. The van der Waals surface area contributed by atoms with Crippen LogP contribution in [0.3, 0.4) is 0 Å². The average molecular weight is 373 g/mol. The monoisotopic (exact) mass is 373 g/mol. The molecule has 0 aromatic rings. The molecule has 0 atom stereocenters. The average Bonchev–Trinajstić information content (AvgIpc) is 2.18. The van der Waals surface area contributed by atoms with E-state index in [1.54, 1.807) is 0 Å². The van der Waals surface area contributed by atoms with E-state index in [9.17, 15) is 8.42 Å². The number of sulfone groups is 1. The second-order valence-corrected chi connectivity index (χ2v) is 8.47. The summed E-state index contributed by atoms with van der Waals surface area (Å²) in [5.74, 6) is 0.745. The quantitative estimate of drug-likeness (QED) is 0.270. The van der Waals surface area contributed by atoms with Crippen LogP contribution in [-0.2, 0) is 30.6 Å². The predicted octanol–water partition coefficient (Wildman–Crippen LogP) is -1.77. The van der Waals surface area contributed by atoms with Crippen LogP contribution < -0.4 is 0 Å².